The Morgan fingerprint density at radius 3 is 2.66 bits per heavy atom. The molecule has 0 saturated carbocycles. The quantitative estimate of drug-likeness (QED) is 0.444. The molecule has 1 aliphatic heterocycles. The lowest BCUT2D eigenvalue weighted by Gasteiger charge is -2.18. The van der Waals surface area contributed by atoms with E-state index in [1.807, 2.05) is 19.1 Å². The van der Waals surface area contributed by atoms with Gasteiger partial charge in [-0.2, -0.15) is 0 Å². The summed E-state index contributed by atoms with van der Waals surface area (Å²) in [5.74, 6) is -0.326. The molecule has 5 nitrogen and oxygen atoms in total. The first-order valence-corrected chi connectivity index (χ1v) is 10.8. The van der Waals surface area contributed by atoms with Crippen LogP contribution in [-0.4, -0.2) is 17.6 Å². The molecule has 0 fully saturated rings. The number of nitrogen functional groups attached to an aromatic ring is 1. The van der Waals surface area contributed by atoms with Gasteiger partial charge in [-0.15, -0.1) is 0 Å². The highest BCUT2D eigenvalue weighted by Crippen LogP contribution is 2.25. The number of hydrogen-bond acceptors (Lipinski definition) is 4. The summed E-state index contributed by atoms with van der Waals surface area (Å²) in [6, 6.07) is 16.5. The van der Waals surface area contributed by atoms with Crippen LogP contribution in [0, 0.1) is 12.7 Å². The standard InChI is InChI=1S/C16H16FN.C10H14N2O2/c17-15-6-2-1-4-13(15)10-12-7-8-16-14(11-12)5-3-9-18-16;1-6-4-7(13)5-9(11)8(6)2-3-10(12)14/h1-2,4,6-8,11,18H,3,5,9-10H2;4-5,13H,2-3,11H2,1H3,(H2,12,14). The summed E-state index contributed by atoms with van der Waals surface area (Å²) < 4.78 is 13.6. The molecule has 1 aliphatic rings. The molecule has 0 saturated heterocycles. The molecule has 0 bridgehead atoms. The highest BCUT2D eigenvalue weighted by atomic mass is 19.1. The van der Waals surface area contributed by atoms with Crippen LogP contribution in [0.4, 0.5) is 15.8 Å². The first kappa shape index (κ1) is 23.1. The summed E-state index contributed by atoms with van der Waals surface area (Å²) in [6.07, 6.45) is 3.76. The summed E-state index contributed by atoms with van der Waals surface area (Å²) in [4.78, 5) is 10.6. The number of amides is 1. The van der Waals surface area contributed by atoms with E-state index in [1.54, 1.807) is 12.1 Å². The smallest absolute Gasteiger partial charge is 0.217 e. The van der Waals surface area contributed by atoms with Gasteiger partial charge in [0.25, 0.3) is 0 Å². The maximum Gasteiger partial charge on any atom is 0.217 e. The number of fused-ring (bicyclic) bond motifs is 1. The fourth-order valence-electron chi connectivity index (χ4n) is 3.91. The molecular weight excluding hydrogens is 405 g/mol. The van der Waals surface area contributed by atoms with E-state index in [1.165, 1.54) is 35.4 Å². The fourth-order valence-corrected chi connectivity index (χ4v) is 3.91. The number of benzene rings is 3. The number of nitrogens with one attached hydrogen (secondary N) is 1. The number of anilines is 2. The Morgan fingerprint density at radius 2 is 1.94 bits per heavy atom. The van der Waals surface area contributed by atoms with Crippen LogP contribution in [0.5, 0.6) is 5.75 Å². The third kappa shape index (κ3) is 6.23. The minimum Gasteiger partial charge on any atom is -0.508 e. The number of rotatable bonds is 5. The van der Waals surface area contributed by atoms with Crippen molar-refractivity contribution in [1.82, 2.24) is 0 Å². The van der Waals surface area contributed by atoms with Gasteiger partial charge < -0.3 is 21.9 Å². The van der Waals surface area contributed by atoms with Gasteiger partial charge in [0, 0.05) is 36.8 Å². The highest BCUT2D eigenvalue weighted by molar-refractivity contribution is 5.74. The number of carbonyl (C=O) groups is 1. The number of hydrogen-bond donors (Lipinski definition) is 4. The molecule has 0 spiro atoms. The maximum atomic E-state index is 13.6. The van der Waals surface area contributed by atoms with Gasteiger partial charge in [0.2, 0.25) is 5.91 Å². The Balaban J connectivity index is 0.000000188. The Hall–Kier alpha value is -3.54. The Bertz CT molecular complexity index is 1080. The lowest BCUT2D eigenvalue weighted by Crippen LogP contribution is -2.12. The van der Waals surface area contributed by atoms with Gasteiger partial charge in [0.15, 0.2) is 0 Å². The lowest BCUT2D eigenvalue weighted by atomic mass is 9.97. The molecule has 1 heterocycles. The molecule has 0 unspecified atom stereocenters. The van der Waals surface area contributed by atoms with E-state index in [2.05, 4.69) is 23.5 Å². The van der Waals surface area contributed by atoms with Crippen molar-refractivity contribution < 1.29 is 14.3 Å². The van der Waals surface area contributed by atoms with Gasteiger partial charge in [-0.3, -0.25) is 4.79 Å². The second-order valence-electron chi connectivity index (χ2n) is 8.09. The first-order chi connectivity index (χ1) is 15.3. The molecule has 3 aromatic rings. The van der Waals surface area contributed by atoms with Crippen molar-refractivity contribution in [3.8, 4) is 5.75 Å². The van der Waals surface area contributed by atoms with Crippen molar-refractivity contribution >= 4 is 17.3 Å². The minimum absolute atomic E-state index is 0.117. The largest absolute Gasteiger partial charge is 0.508 e. The van der Waals surface area contributed by atoms with Gasteiger partial charge in [0.05, 0.1) is 0 Å². The van der Waals surface area contributed by atoms with Gasteiger partial charge in [-0.1, -0.05) is 30.3 Å². The number of phenols is 1. The first-order valence-electron chi connectivity index (χ1n) is 10.8. The predicted octanol–water partition coefficient (Wildman–Crippen LogP) is 4.48. The van der Waals surface area contributed by atoms with E-state index >= 15 is 0 Å². The Morgan fingerprint density at radius 1 is 1.16 bits per heavy atom. The second kappa shape index (κ2) is 10.7. The molecule has 0 aromatic heterocycles. The fraction of sp³-hybridized carbons (Fsp3) is 0.269. The van der Waals surface area contributed by atoms with Crippen LogP contribution in [0.3, 0.4) is 0 Å². The van der Waals surface area contributed by atoms with Crippen LogP contribution >= 0.6 is 0 Å². The Labute approximate surface area is 188 Å². The van der Waals surface area contributed by atoms with Gasteiger partial charge in [-0.05, 0) is 72.2 Å². The zero-order chi connectivity index (χ0) is 23.1. The van der Waals surface area contributed by atoms with Gasteiger partial charge in [-0.25, -0.2) is 4.39 Å². The minimum atomic E-state index is -0.350. The number of aromatic hydroxyl groups is 1. The number of nitrogens with two attached hydrogens (primary N) is 2. The van der Waals surface area contributed by atoms with Crippen LogP contribution in [0.25, 0.3) is 0 Å². The van der Waals surface area contributed by atoms with Crippen LogP contribution in [0.1, 0.15) is 40.7 Å². The van der Waals surface area contributed by atoms with E-state index in [0.717, 1.165) is 29.7 Å². The van der Waals surface area contributed by atoms with Crippen LogP contribution in [0.15, 0.2) is 54.6 Å². The molecule has 0 atom stereocenters. The third-order valence-corrected chi connectivity index (χ3v) is 5.57. The molecule has 6 N–H and O–H groups in total. The van der Waals surface area contributed by atoms with E-state index in [0.29, 0.717) is 18.5 Å². The summed E-state index contributed by atoms with van der Waals surface area (Å²) in [6.45, 7) is 2.89. The molecule has 4 rings (SSSR count). The Kier molecular flexibility index (Phi) is 7.71. The summed E-state index contributed by atoms with van der Waals surface area (Å²) in [5.41, 5.74) is 17.5. The van der Waals surface area contributed by atoms with Crippen molar-refractivity contribution in [2.75, 3.05) is 17.6 Å². The number of aryl methyl sites for hydroxylation is 2. The van der Waals surface area contributed by atoms with E-state index in [9.17, 15) is 14.3 Å². The van der Waals surface area contributed by atoms with Gasteiger partial charge >= 0.3 is 0 Å². The summed E-state index contributed by atoms with van der Waals surface area (Å²) in [7, 11) is 0. The monoisotopic (exact) mass is 435 g/mol. The van der Waals surface area contributed by atoms with E-state index < -0.39 is 0 Å². The predicted molar refractivity (Wildman–Crippen MR) is 127 cm³/mol. The topological polar surface area (TPSA) is 101 Å². The van der Waals surface area contributed by atoms with Crippen molar-refractivity contribution in [3.05, 3.63) is 88.2 Å². The van der Waals surface area contributed by atoms with Crippen molar-refractivity contribution in [2.24, 2.45) is 5.73 Å². The zero-order valence-electron chi connectivity index (χ0n) is 18.3. The molecular formula is C26H30FN3O2. The molecule has 1 amide bonds. The number of phenolic OH excluding ortho intramolecular Hbond substituents is 1. The number of primary amides is 1. The third-order valence-electron chi connectivity index (χ3n) is 5.57. The molecule has 3 aromatic carbocycles. The maximum absolute atomic E-state index is 13.6. The summed E-state index contributed by atoms with van der Waals surface area (Å²) in [5, 5.41) is 12.6. The molecule has 168 valence electrons. The normalized spacial score (nSPS) is 12.2. The average Bonchev–Trinajstić information content (AvgIpc) is 2.75. The van der Waals surface area contributed by atoms with Crippen LogP contribution in [0.2, 0.25) is 0 Å². The van der Waals surface area contributed by atoms with Crippen LogP contribution in [-0.2, 0) is 24.1 Å². The van der Waals surface area contributed by atoms with Crippen molar-refractivity contribution in [2.45, 2.75) is 39.0 Å². The average molecular weight is 436 g/mol. The van der Waals surface area contributed by atoms with E-state index in [4.69, 9.17) is 11.5 Å². The second-order valence-corrected chi connectivity index (χ2v) is 8.09. The van der Waals surface area contributed by atoms with Gasteiger partial charge in [0.1, 0.15) is 11.6 Å². The zero-order valence-corrected chi connectivity index (χ0v) is 18.3. The van der Waals surface area contributed by atoms with E-state index in [-0.39, 0.29) is 23.9 Å². The number of halogens is 1. The molecule has 6 heteroatoms. The molecule has 0 aliphatic carbocycles. The SMILES string of the molecule is Cc1cc(O)cc(N)c1CCC(N)=O.Fc1ccccc1Cc1ccc2c(c1)CCCN2. The lowest BCUT2D eigenvalue weighted by molar-refractivity contribution is -0.117. The molecule has 32 heavy (non-hydrogen) atoms. The molecule has 0 radical (unpaired) electrons. The van der Waals surface area contributed by atoms with Crippen LogP contribution < -0.4 is 16.8 Å². The highest BCUT2D eigenvalue weighted by Gasteiger charge is 2.10. The van der Waals surface area contributed by atoms with Crippen molar-refractivity contribution in [1.29, 1.82) is 0 Å². The number of carbonyl (C=O) groups excluding carboxylic acids is 1. The van der Waals surface area contributed by atoms with Crippen molar-refractivity contribution in [3.63, 3.8) is 0 Å². The summed E-state index contributed by atoms with van der Waals surface area (Å²) >= 11 is 0.